The summed E-state index contributed by atoms with van der Waals surface area (Å²) in [6.45, 7) is 0. The molecule has 2 amide bonds. The molecule has 3 aromatic rings. The smallest absolute Gasteiger partial charge is 0.290 e. The number of amides is 2. The van der Waals surface area contributed by atoms with Crippen LogP contribution in [-0.2, 0) is 4.79 Å². The minimum absolute atomic E-state index is 0.280. The largest absolute Gasteiger partial charge is 0.480 e. The number of thioether (sulfide) groups is 1. The highest BCUT2D eigenvalue weighted by Crippen LogP contribution is 2.32. The van der Waals surface area contributed by atoms with Gasteiger partial charge in [-0.3, -0.25) is 19.9 Å². The second-order valence-electron chi connectivity index (χ2n) is 5.07. The zero-order chi connectivity index (χ0) is 17.4. The number of nitrogens with one attached hydrogen (secondary N) is 1. The van der Waals surface area contributed by atoms with Crippen molar-refractivity contribution in [1.29, 1.82) is 0 Å². The lowest BCUT2D eigenvalue weighted by molar-refractivity contribution is -0.115. The third kappa shape index (κ3) is 2.85. The van der Waals surface area contributed by atoms with E-state index in [1.54, 1.807) is 30.6 Å². The van der Waals surface area contributed by atoms with Crippen molar-refractivity contribution in [3.8, 4) is 17.1 Å². The van der Waals surface area contributed by atoms with Gasteiger partial charge in [-0.25, -0.2) is 0 Å². The van der Waals surface area contributed by atoms with Crippen LogP contribution >= 0.6 is 11.8 Å². The molecule has 25 heavy (non-hydrogen) atoms. The number of ether oxygens (including phenoxy) is 1. The van der Waals surface area contributed by atoms with Crippen molar-refractivity contribution in [2.24, 2.45) is 0 Å². The van der Waals surface area contributed by atoms with Crippen LogP contribution in [0.15, 0.2) is 39.9 Å². The third-order valence-electron chi connectivity index (χ3n) is 3.48. The summed E-state index contributed by atoms with van der Waals surface area (Å²) < 4.78 is 10.8. The number of aromatic nitrogens is 3. The molecule has 124 valence electrons. The minimum Gasteiger partial charge on any atom is -0.480 e. The summed E-state index contributed by atoms with van der Waals surface area (Å²) in [7, 11) is 1.51. The van der Waals surface area contributed by atoms with Gasteiger partial charge in [-0.05, 0) is 23.9 Å². The summed E-state index contributed by atoms with van der Waals surface area (Å²) >= 11 is 0.833. The van der Waals surface area contributed by atoms with Crippen molar-refractivity contribution >= 4 is 40.0 Å². The van der Waals surface area contributed by atoms with E-state index in [4.69, 9.17) is 9.15 Å². The Kier molecular flexibility index (Phi) is 3.69. The lowest BCUT2D eigenvalue weighted by Crippen LogP contribution is -2.17. The Balaban J connectivity index is 1.77. The molecule has 0 saturated carbocycles. The van der Waals surface area contributed by atoms with Gasteiger partial charge in [-0.2, -0.15) is 0 Å². The summed E-state index contributed by atoms with van der Waals surface area (Å²) in [5, 5.41) is 10.6. The maximum atomic E-state index is 11.6. The van der Waals surface area contributed by atoms with Crippen molar-refractivity contribution < 1.29 is 18.7 Å². The molecular weight excluding hydrogens is 344 g/mol. The van der Waals surface area contributed by atoms with Gasteiger partial charge in [0.25, 0.3) is 11.1 Å². The van der Waals surface area contributed by atoms with Gasteiger partial charge < -0.3 is 9.15 Å². The zero-order valence-electron chi connectivity index (χ0n) is 12.8. The maximum absolute atomic E-state index is 11.6. The fourth-order valence-electron chi connectivity index (χ4n) is 2.36. The molecule has 4 rings (SSSR count). The average Bonchev–Trinajstić information content (AvgIpc) is 3.17. The Hall–Kier alpha value is -3.20. The zero-order valence-corrected chi connectivity index (χ0v) is 13.7. The van der Waals surface area contributed by atoms with Crippen LogP contribution in [0.5, 0.6) is 5.88 Å². The number of pyridine rings is 1. The standard InChI is InChI=1S/C16H10N4O4S/c1-23-13-3-2-11(19-20-13)10-7-17-6-8-4-9(24-14(8)10)5-12-15(21)18-16(22)25-12/h2-7H,1H3,(H,18,21,22). The highest BCUT2D eigenvalue weighted by Gasteiger charge is 2.25. The van der Waals surface area contributed by atoms with E-state index in [1.807, 2.05) is 0 Å². The van der Waals surface area contributed by atoms with E-state index in [0.717, 1.165) is 17.1 Å². The van der Waals surface area contributed by atoms with Gasteiger partial charge in [-0.1, -0.05) is 0 Å². The van der Waals surface area contributed by atoms with Crippen molar-refractivity contribution in [2.45, 2.75) is 0 Å². The molecule has 0 aliphatic carbocycles. The van der Waals surface area contributed by atoms with E-state index < -0.39 is 11.1 Å². The van der Waals surface area contributed by atoms with Crippen LogP contribution < -0.4 is 10.1 Å². The third-order valence-corrected chi connectivity index (χ3v) is 4.29. The van der Waals surface area contributed by atoms with E-state index in [1.165, 1.54) is 13.2 Å². The predicted octanol–water partition coefficient (Wildman–Crippen LogP) is 2.62. The van der Waals surface area contributed by atoms with Gasteiger partial charge in [0.15, 0.2) is 0 Å². The fourth-order valence-corrected chi connectivity index (χ4v) is 3.02. The number of carbonyl (C=O) groups excluding carboxylic acids is 2. The normalized spacial score (nSPS) is 15.8. The first-order valence-corrected chi connectivity index (χ1v) is 7.96. The number of methoxy groups -OCH3 is 1. The molecule has 0 atom stereocenters. The van der Waals surface area contributed by atoms with Gasteiger partial charge in [0.05, 0.1) is 23.3 Å². The lowest BCUT2D eigenvalue weighted by Gasteiger charge is -2.01. The first kappa shape index (κ1) is 15.3. The van der Waals surface area contributed by atoms with E-state index in [0.29, 0.717) is 28.5 Å². The number of nitrogens with zero attached hydrogens (tertiary/aromatic N) is 3. The van der Waals surface area contributed by atoms with Crippen LogP contribution in [0.3, 0.4) is 0 Å². The molecule has 0 bridgehead atoms. The van der Waals surface area contributed by atoms with Crippen LogP contribution in [-0.4, -0.2) is 33.4 Å². The number of fused-ring (bicyclic) bond motifs is 1. The maximum Gasteiger partial charge on any atom is 0.290 e. The van der Waals surface area contributed by atoms with Gasteiger partial charge >= 0.3 is 0 Å². The van der Waals surface area contributed by atoms with Gasteiger partial charge in [-0.15, -0.1) is 10.2 Å². The molecule has 0 radical (unpaired) electrons. The quantitative estimate of drug-likeness (QED) is 0.715. The Morgan fingerprint density at radius 2 is 2.12 bits per heavy atom. The Bertz CT molecular complexity index is 1030. The van der Waals surface area contributed by atoms with Gasteiger partial charge in [0.2, 0.25) is 5.88 Å². The molecule has 9 heteroatoms. The molecule has 1 aliphatic heterocycles. The topological polar surface area (TPSA) is 107 Å². The van der Waals surface area contributed by atoms with E-state index in [2.05, 4.69) is 20.5 Å². The lowest BCUT2D eigenvalue weighted by atomic mass is 10.1. The number of carbonyl (C=O) groups is 2. The van der Waals surface area contributed by atoms with Crippen molar-refractivity contribution in [3.05, 3.63) is 41.3 Å². The fraction of sp³-hybridized carbons (Fsp3) is 0.0625. The highest BCUT2D eigenvalue weighted by atomic mass is 32.2. The van der Waals surface area contributed by atoms with Crippen molar-refractivity contribution in [3.63, 3.8) is 0 Å². The minimum atomic E-state index is -0.435. The Labute approximate surface area is 145 Å². The first-order valence-electron chi connectivity index (χ1n) is 7.14. The summed E-state index contributed by atoms with van der Waals surface area (Å²) in [5.74, 6) is 0.413. The summed E-state index contributed by atoms with van der Waals surface area (Å²) in [6, 6.07) is 5.19. The van der Waals surface area contributed by atoms with E-state index in [-0.39, 0.29) is 4.91 Å². The SMILES string of the molecule is COc1ccc(-c2cncc3cc(C=C4SC(=O)NC4=O)oc23)nn1. The van der Waals surface area contributed by atoms with Crippen LogP contribution in [0.2, 0.25) is 0 Å². The number of hydrogen-bond donors (Lipinski definition) is 1. The monoisotopic (exact) mass is 354 g/mol. The van der Waals surface area contributed by atoms with E-state index in [9.17, 15) is 9.59 Å². The molecular formula is C16H10N4O4S. The van der Waals surface area contributed by atoms with Crippen LogP contribution in [0.25, 0.3) is 28.3 Å². The number of imide groups is 1. The molecule has 1 fully saturated rings. The molecule has 0 unspecified atom stereocenters. The van der Waals surface area contributed by atoms with Gasteiger partial charge in [0, 0.05) is 29.9 Å². The van der Waals surface area contributed by atoms with Gasteiger partial charge in [0.1, 0.15) is 11.3 Å². The number of hydrogen-bond acceptors (Lipinski definition) is 8. The van der Waals surface area contributed by atoms with Crippen LogP contribution in [0.4, 0.5) is 4.79 Å². The van der Waals surface area contributed by atoms with Crippen molar-refractivity contribution in [2.75, 3.05) is 7.11 Å². The molecule has 1 saturated heterocycles. The molecule has 0 aromatic carbocycles. The van der Waals surface area contributed by atoms with E-state index >= 15 is 0 Å². The molecule has 3 aromatic heterocycles. The Morgan fingerprint density at radius 3 is 2.80 bits per heavy atom. The molecule has 8 nitrogen and oxygen atoms in total. The summed E-state index contributed by atoms with van der Waals surface area (Å²) in [5.41, 5.74) is 1.81. The Morgan fingerprint density at radius 1 is 1.24 bits per heavy atom. The number of rotatable bonds is 3. The second kappa shape index (κ2) is 6.02. The molecule has 1 aliphatic rings. The molecule has 4 heterocycles. The summed E-state index contributed by atoms with van der Waals surface area (Å²) in [4.78, 5) is 27.4. The van der Waals surface area contributed by atoms with Crippen LogP contribution in [0.1, 0.15) is 5.76 Å². The number of furan rings is 1. The second-order valence-corrected chi connectivity index (χ2v) is 6.08. The highest BCUT2D eigenvalue weighted by molar-refractivity contribution is 8.18. The molecule has 1 N–H and O–H groups in total. The van der Waals surface area contributed by atoms with Crippen LogP contribution in [0, 0.1) is 0 Å². The summed E-state index contributed by atoms with van der Waals surface area (Å²) in [6.07, 6.45) is 4.79. The average molecular weight is 354 g/mol. The van der Waals surface area contributed by atoms with Crippen molar-refractivity contribution in [1.82, 2.24) is 20.5 Å². The predicted molar refractivity (Wildman–Crippen MR) is 90.7 cm³/mol. The first-order chi connectivity index (χ1) is 12.1. The molecule has 0 spiro atoms.